The van der Waals surface area contributed by atoms with Gasteiger partial charge >= 0.3 is 0 Å². The van der Waals surface area contributed by atoms with E-state index in [0.29, 0.717) is 18.7 Å². The number of amides is 1. The maximum absolute atomic E-state index is 13.3. The highest BCUT2D eigenvalue weighted by Crippen LogP contribution is 2.34. The van der Waals surface area contributed by atoms with Gasteiger partial charge in [0.2, 0.25) is 0 Å². The second-order valence-electron chi connectivity index (χ2n) is 7.18. The molecule has 0 spiro atoms. The standard InChI is InChI=1S/C18H24FN7O/c19-13-8-14(22-9-13)23-25-26-17(20)15(18(21)27)16(24-26)12-6-5-10-3-1-2-4-11(10)7-12/h1-4,12-14,22-23,25H,5-9,20H2,(H2,21,27)/t12-,13-,14+/m1/s1. The van der Waals surface area contributed by atoms with E-state index in [9.17, 15) is 9.18 Å². The highest BCUT2D eigenvalue weighted by Gasteiger charge is 2.30. The monoisotopic (exact) mass is 373 g/mol. The minimum atomic E-state index is -0.890. The Balaban J connectivity index is 1.56. The number of alkyl halides is 1. The number of nitrogens with zero attached hydrogens (tertiary/aromatic N) is 2. The second kappa shape index (κ2) is 7.16. The van der Waals surface area contributed by atoms with E-state index in [1.54, 1.807) is 0 Å². The summed E-state index contributed by atoms with van der Waals surface area (Å²) in [4.78, 5) is 13.3. The van der Waals surface area contributed by atoms with E-state index < -0.39 is 12.1 Å². The first kappa shape index (κ1) is 17.7. The fraction of sp³-hybridized carbons (Fsp3) is 0.444. The van der Waals surface area contributed by atoms with E-state index in [0.717, 1.165) is 19.3 Å². The molecule has 0 radical (unpaired) electrons. The van der Waals surface area contributed by atoms with E-state index >= 15 is 0 Å². The number of primary amides is 1. The number of anilines is 1. The molecule has 27 heavy (non-hydrogen) atoms. The second-order valence-corrected chi connectivity index (χ2v) is 7.18. The highest BCUT2D eigenvalue weighted by molar-refractivity contribution is 5.98. The topological polar surface area (TPSA) is 123 Å². The average molecular weight is 373 g/mol. The lowest BCUT2D eigenvalue weighted by Crippen LogP contribution is -2.45. The quantitative estimate of drug-likeness (QED) is 0.488. The van der Waals surface area contributed by atoms with Crippen molar-refractivity contribution < 1.29 is 9.18 Å². The summed E-state index contributed by atoms with van der Waals surface area (Å²) < 4.78 is 13.3. The Morgan fingerprint density at radius 2 is 2.11 bits per heavy atom. The summed E-state index contributed by atoms with van der Waals surface area (Å²) in [6.07, 6.45) is 1.77. The zero-order chi connectivity index (χ0) is 19.0. The van der Waals surface area contributed by atoms with Crippen LogP contribution in [0.1, 0.15) is 45.9 Å². The van der Waals surface area contributed by atoms with Crippen molar-refractivity contribution in [1.82, 2.24) is 20.6 Å². The van der Waals surface area contributed by atoms with Gasteiger partial charge in [-0.25, -0.2) is 15.4 Å². The third kappa shape index (κ3) is 3.47. The van der Waals surface area contributed by atoms with Gasteiger partial charge in [-0.2, -0.15) is 5.10 Å². The molecule has 1 saturated heterocycles. The van der Waals surface area contributed by atoms with Gasteiger partial charge in [0, 0.05) is 18.9 Å². The number of benzene rings is 1. The van der Waals surface area contributed by atoms with Crippen LogP contribution >= 0.6 is 0 Å². The number of fused-ring (bicyclic) bond motifs is 1. The molecular formula is C18H24FN7O. The molecule has 3 atom stereocenters. The van der Waals surface area contributed by atoms with E-state index in [1.807, 2.05) is 12.1 Å². The minimum absolute atomic E-state index is 0.0626. The lowest BCUT2D eigenvalue weighted by molar-refractivity contribution is 0.0999. The van der Waals surface area contributed by atoms with Gasteiger partial charge in [0.15, 0.2) is 5.82 Å². The van der Waals surface area contributed by atoms with Gasteiger partial charge in [0.25, 0.3) is 5.91 Å². The molecule has 1 fully saturated rings. The van der Waals surface area contributed by atoms with Crippen molar-refractivity contribution in [3.05, 3.63) is 46.6 Å². The van der Waals surface area contributed by atoms with E-state index in [1.165, 1.54) is 15.9 Å². The van der Waals surface area contributed by atoms with Crippen LogP contribution in [0.4, 0.5) is 10.2 Å². The molecule has 1 amide bonds. The Morgan fingerprint density at radius 1 is 1.33 bits per heavy atom. The summed E-state index contributed by atoms with van der Waals surface area (Å²) >= 11 is 0. The molecule has 144 valence electrons. The molecule has 1 aromatic heterocycles. The first-order valence-electron chi connectivity index (χ1n) is 9.17. The number of nitrogens with one attached hydrogen (secondary N) is 3. The fourth-order valence-corrected chi connectivity index (χ4v) is 3.94. The van der Waals surface area contributed by atoms with Crippen molar-refractivity contribution in [1.29, 1.82) is 0 Å². The number of aromatic nitrogens is 2. The van der Waals surface area contributed by atoms with E-state index in [2.05, 4.69) is 33.5 Å². The summed E-state index contributed by atoms with van der Waals surface area (Å²) in [5, 5.41) is 7.50. The van der Waals surface area contributed by atoms with Gasteiger partial charge < -0.3 is 11.5 Å². The van der Waals surface area contributed by atoms with Crippen molar-refractivity contribution in [3.8, 4) is 0 Å². The third-order valence-electron chi connectivity index (χ3n) is 5.35. The number of halogens is 1. The molecule has 1 aliphatic heterocycles. The van der Waals surface area contributed by atoms with Crippen LogP contribution in [0.3, 0.4) is 0 Å². The predicted molar refractivity (Wildman–Crippen MR) is 100 cm³/mol. The molecule has 0 bridgehead atoms. The molecule has 2 aliphatic rings. The first-order valence-corrected chi connectivity index (χ1v) is 9.17. The first-order chi connectivity index (χ1) is 13.0. The Morgan fingerprint density at radius 3 is 2.81 bits per heavy atom. The van der Waals surface area contributed by atoms with E-state index in [-0.39, 0.29) is 23.5 Å². The number of rotatable bonds is 5. The van der Waals surface area contributed by atoms with Crippen LogP contribution in [0.15, 0.2) is 24.3 Å². The number of hydrogen-bond donors (Lipinski definition) is 5. The van der Waals surface area contributed by atoms with Crippen LogP contribution in [0.2, 0.25) is 0 Å². The fourth-order valence-electron chi connectivity index (χ4n) is 3.94. The molecule has 1 aromatic carbocycles. The van der Waals surface area contributed by atoms with Crippen molar-refractivity contribution >= 4 is 11.7 Å². The maximum Gasteiger partial charge on any atom is 0.254 e. The molecule has 9 heteroatoms. The number of hydrazine groups is 1. The number of carbonyl (C=O) groups is 1. The normalized spacial score (nSPS) is 24.6. The van der Waals surface area contributed by atoms with Gasteiger partial charge in [0.05, 0.1) is 11.9 Å². The molecule has 0 unspecified atom stereocenters. The Bertz CT molecular complexity index is 852. The Labute approximate surface area is 156 Å². The number of carbonyl (C=O) groups excluding carboxylic acids is 1. The lowest BCUT2D eigenvalue weighted by atomic mass is 9.81. The van der Waals surface area contributed by atoms with Crippen molar-refractivity contribution in [2.45, 2.75) is 43.9 Å². The van der Waals surface area contributed by atoms with Crippen molar-refractivity contribution in [2.75, 3.05) is 17.8 Å². The zero-order valence-corrected chi connectivity index (χ0v) is 14.9. The number of nitrogen functional groups attached to an aromatic ring is 1. The summed E-state index contributed by atoms with van der Waals surface area (Å²) in [5.41, 5.74) is 20.9. The summed E-state index contributed by atoms with van der Waals surface area (Å²) in [5.74, 6) is -0.386. The van der Waals surface area contributed by atoms with Gasteiger partial charge in [-0.1, -0.05) is 24.3 Å². The molecular weight excluding hydrogens is 349 g/mol. The molecule has 0 saturated carbocycles. The summed E-state index contributed by atoms with van der Waals surface area (Å²) in [6, 6.07) is 8.28. The van der Waals surface area contributed by atoms with Crippen molar-refractivity contribution in [3.63, 3.8) is 0 Å². The number of nitrogens with two attached hydrogens (primary N) is 2. The number of aryl methyl sites for hydroxylation is 1. The van der Waals surface area contributed by atoms with Crippen LogP contribution in [0.25, 0.3) is 0 Å². The van der Waals surface area contributed by atoms with Crippen LogP contribution < -0.4 is 27.7 Å². The molecule has 8 nitrogen and oxygen atoms in total. The molecule has 7 N–H and O–H groups in total. The molecule has 4 rings (SSSR count). The number of hydrogen-bond acceptors (Lipinski definition) is 6. The van der Waals surface area contributed by atoms with Gasteiger partial charge in [-0.3, -0.25) is 10.1 Å². The largest absolute Gasteiger partial charge is 0.382 e. The van der Waals surface area contributed by atoms with Crippen LogP contribution in [0, 0.1) is 0 Å². The maximum atomic E-state index is 13.3. The summed E-state index contributed by atoms with van der Waals surface area (Å²) in [7, 11) is 0. The van der Waals surface area contributed by atoms with Crippen molar-refractivity contribution in [2.24, 2.45) is 5.73 Å². The summed E-state index contributed by atoms with van der Waals surface area (Å²) in [6.45, 7) is 0.299. The Kier molecular flexibility index (Phi) is 4.71. The van der Waals surface area contributed by atoms with Crippen LogP contribution in [0.5, 0.6) is 0 Å². The average Bonchev–Trinajstić information content (AvgIpc) is 3.22. The SMILES string of the molecule is NC(=O)c1c([C@@H]2CCc3ccccc3C2)nn(NN[C@H]2C[C@@H](F)CN2)c1N. The van der Waals surface area contributed by atoms with E-state index in [4.69, 9.17) is 11.5 Å². The van der Waals surface area contributed by atoms with Crippen LogP contribution in [-0.2, 0) is 12.8 Å². The predicted octanol–water partition coefficient (Wildman–Crippen LogP) is 0.542. The lowest BCUT2D eigenvalue weighted by Gasteiger charge is -2.23. The van der Waals surface area contributed by atoms with Crippen LogP contribution in [-0.4, -0.2) is 34.7 Å². The minimum Gasteiger partial charge on any atom is -0.382 e. The third-order valence-corrected chi connectivity index (χ3v) is 5.35. The Hall–Kier alpha value is -2.65. The molecule has 2 heterocycles. The highest BCUT2D eigenvalue weighted by atomic mass is 19.1. The molecule has 1 aliphatic carbocycles. The van der Waals surface area contributed by atoms with Gasteiger partial charge in [0.1, 0.15) is 11.7 Å². The smallest absolute Gasteiger partial charge is 0.254 e. The molecule has 2 aromatic rings. The van der Waals surface area contributed by atoms with Gasteiger partial charge in [-0.05, 0) is 30.4 Å². The zero-order valence-electron chi connectivity index (χ0n) is 14.9. The van der Waals surface area contributed by atoms with Gasteiger partial charge in [-0.15, -0.1) is 4.79 Å².